The van der Waals surface area contributed by atoms with Gasteiger partial charge in [0.15, 0.2) is 0 Å². The van der Waals surface area contributed by atoms with Crippen molar-refractivity contribution in [2.75, 3.05) is 0 Å². The molecular formula is C6H9Cl. The van der Waals surface area contributed by atoms with Gasteiger partial charge in [0.2, 0.25) is 0 Å². The van der Waals surface area contributed by atoms with Crippen molar-refractivity contribution in [3.05, 3.63) is 37.4 Å². The Morgan fingerprint density at radius 2 is 1.71 bits per heavy atom. The molecule has 40 valence electrons. The first-order chi connectivity index (χ1) is 3.41. The van der Waals surface area contributed by atoms with Gasteiger partial charge in [-0.25, -0.2) is 0 Å². The summed E-state index contributed by atoms with van der Waals surface area (Å²) in [5.74, 6) is 0. The molecule has 0 aromatic rings. The summed E-state index contributed by atoms with van der Waals surface area (Å²) in [4.78, 5) is 0. The van der Waals surface area contributed by atoms with Gasteiger partial charge in [0, 0.05) is 5.54 Å². The third kappa shape index (κ3) is 29.8. The van der Waals surface area contributed by atoms with Crippen molar-refractivity contribution in [1.29, 1.82) is 0 Å². The Balaban J connectivity index is 0. The predicted octanol–water partition coefficient (Wildman–Crippen LogP) is 2.73. The van der Waals surface area contributed by atoms with Crippen molar-refractivity contribution in [1.82, 2.24) is 0 Å². The maximum Gasteiger partial charge on any atom is 0.00422 e. The Hall–Kier alpha value is -0.490. The monoisotopic (exact) mass is 116 g/mol. The second kappa shape index (κ2) is 17.8. The zero-order valence-electron chi connectivity index (χ0n) is 4.23. The summed E-state index contributed by atoms with van der Waals surface area (Å²) in [6.45, 7) is 9.38. The molecule has 0 unspecified atom stereocenters. The molecule has 0 N–H and O–H groups in total. The second-order valence-corrected chi connectivity index (χ2v) is 0.806. The molecular weight excluding hydrogens is 108 g/mol. The van der Waals surface area contributed by atoms with Gasteiger partial charge in [-0.15, -0.1) is 13.2 Å². The average molecular weight is 117 g/mol. The zero-order valence-corrected chi connectivity index (χ0v) is 4.99. The highest BCUT2D eigenvalue weighted by Crippen LogP contribution is 1.74. The number of hydrogen-bond acceptors (Lipinski definition) is 0. The SMILES string of the molecule is C=C.C=CC=CCl. The molecule has 0 nitrogen and oxygen atoms in total. The fourth-order valence-electron chi connectivity index (χ4n) is 0.0514. The van der Waals surface area contributed by atoms with Crippen LogP contribution in [0.4, 0.5) is 0 Å². The lowest BCUT2D eigenvalue weighted by molar-refractivity contribution is 2.11. The number of halogens is 1. The molecule has 0 aliphatic carbocycles. The van der Waals surface area contributed by atoms with Crippen LogP contribution < -0.4 is 0 Å². The fourth-order valence-corrected chi connectivity index (χ4v) is 0.154. The lowest BCUT2D eigenvalue weighted by Crippen LogP contribution is -1.29. The van der Waals surface area contributed by atoms with Gasteiger partial charge < -0.3 is 0 Å². The first-order valence-corrected chi connectivity index (χ1v) is 2.23. The van der Waals surface area contributed by atoms with E-state index in [0.717, 1.165) is 0 Å². The van der Waals surface area contributed by atoms with Gasteiger partial charge in [0.1, 0.15) is 0 Å². The van der Waals surface area contributed by atoms with E-state index in [0.29, 0.717) is 0 Å². The maximum absolute atomic E-state index is 5.05. The Labute approximate surface area is 49.8 Å². The Bertz CT molecular complexity index is 55.2. The van der Waals surface area contributed by atoms with Crippen molar-refractivity contribution >= 4 is 11.6 Å². The van der Waals surface area contributed by atoms with E-state index in [1.807, 2.05) is 0 Å². The van der Waals surface area contributed by atoms with E-state index >= 15 is 0 Å². The van der Waals surface area contributed by atoms with Gasteiger partial charge >= 0.3 is 0 Å². The molecule has 0 aromatic carbocycles. The summed E-state index contributed by atoms with van der Waals surface area (Å²) in [5, 5.41) is 0. The van der Waals surface area contributed by atoms with Crippen LogP contribution in [-0.2, 0) is 0 Å². The lowest BCUT2D eigenvalue weighted by Gasteiger charge is -1.53. The van der Waals surface area contributed by atoms with Crippen LogP contribution in [0.1, 0.15) is 0 Å². The van der Waals surface area contributed by atoms with E-state index in [1.165, 1.54) is 5.54 Å². The lowest BCUT2D eigenvalue weighted by atomic mass is 10.6. The third-order valence-corrected chi connectivity index (χ3v) is 0.354. The standard InChI is InChI=1S/C4H5Cl.C2H4/c1-2-3-4-5;1-2/h2-4H,1H2;1-2H2. The molecule has 0 bridgehead atoms. The molecule has 0 radical (unpaired) electrons. The van der Waals surface area contributed by atoms with Crippen molar-refractivity contribution in [3.63, 3.8) is 0 Å². The highest BCUT2D eigenvalue weighted by molar-refractivity contribution is 6.25. The van der Waals surface area contributed by atoms with Gasteiger partial charge in [-0.3, -0.25) is 0 Å². The van der Waals surface area contributed by atoms with Crippen LogP contribution in [0.25, 0.3) is 0 Å². The number of rotatable bonds is 1. The average Bonchev–Trinajstić information content (AvgIpc) is 1.75. The summed E-state index contributed by atoms with van der Waals surface area (Å²) in [6.07, 6.45) is 3.27. The molecule has 0 saturated heterocycles. The van der Waals surface area contributed by atoms with Gasteiger partial charge in [-0.1, -0.05) is 30.3 Å². The molecule has 0 aliphatic heterocycles. The van der Waals surface area contributed by atoms with Crippen molar-refractivity contribution in [3.8, 4) is 0 Å². The molecule has 0 saturated carbocycles. The maximum atomic E-state index is 5.05. The van der Waals surface area contributed by atoms with E-state index < -0.39 is 0 Å². The molecule has 0 amide bonds. The van der Waals surface area contributed by atoms with Gasteiger partial charge in [-0.2, -0.15) is 0 Å². The van der Waals surface area contributed by atoms with E-state index in [9.17, 15) is 0 Å². The van der Waals surface area contributed by atoms with Crippen LogP contribution in [0.5, 0.6) is 0 Å². The topological polar surface area (TPSA) is 0 Å². The van der Waals surface area contributed by atoms with Crippen LogP contribution in [-0.4, -0.2) is 0 Å². The molecule has 0 rings (SSSR count). The highest BCUT2D eigenvalue weighted by Gasteiger charge is 1.44. The highest BCUT2D eigenvalue weighted by atomic mass is 35.5. The fraction of sp³-hybridized carbons (Fsp3) is 0. The first-order valence-electron chi connectivity index (χ1n) is 1.79. The number of allylic oxidation sites excluding steroid dienone is 2. The third-order valence-electron chi connectivity index (χ3n) is 0.209. The molecule has 0 atom stereocenters. The van der Waals surface area contributed by atoms with E-state index in [1.54, 1.807) is 12.2 Å². The quantitative estimate of drug-likeness (QED) is 0.365. The Morgan fingerprint density at radius 3 is 1.71 bits per heavy atom. The molecule has 1 heteroatoms. The van der Waals surface area contributed by atoms with Gasteiger partial charge in [0.25, 0.3) is 0 Å². The van der Waals surface area contributed by atoms with Crippen LogP contribution in [0.15, 0.2) is 37.4 Å². The minimum atomic E-state index is 1.41. The van der Waals surface area contributed by atoms with Crippen LogP contribution in [0.3, 0.4) is 0 Å². The summed E-state index contributed by atoms with van der Waals surface area (Å²) in [6, 6.07) is 0. The molecule has 0 spiro atoms. The zero-order chi connectivity index (χ0) is 6.12. The largest absolute Gasteiger partial charge is 0.106 e. The summed E-state index contributed by atoms with van der Waals surface area (Å²) in [7, 11) is 0. The summed E-state index contributed by atoms with van der Waals surface area (Å²) >= 11 is 5.05. The molecule has 0 aromatic heterocycles. The Morgan fingerprint density at radius 1 is 1.29 bits per heavy atom. The van der Waals surface area contributed by atoms with Gasteiger partial charge in [0.05, 0.1) is 0 Å². The van der Waals surface area contributed by atoms with Crippen LogP contribution >= 0.6 is 11.6 Å². The minimum Gasteiger partial charge on any atom is -0.106 e. The first kappa shape index (κ1) is 9.72. The molecule has 7 heavy (non-hydrogen) atoms. The normalized spacial score (nSPS) is 7.00. The van der Waals surface area contributed by atoms with Crippen LogP contribution in [0.2, 0.25) is 0 Å². The Kier molecular flexibility index (Phi) is 24.7. The molecule has 0 fully saturated rings. The second-order valence-electron chi connectivity index (χ2n) is 0.554. The molecule has 0 aliphatic rings. The van der Waals surface area contributed by atoms with Crippen molar-refractivity contribution < 1.29 is 0 Å². The predicted molar refractivity (Wildman–Crippen MR) is 36.4 cm³/mol. The van der Waals surface area contributed by atoms with Gasteiger partial charge in [-0.05, 0) is 0 Å². The van der Waals surface area contributed by atoms with Crippen molar-refractivity contribution in [2.45, 2.75) is 0 Å². The van der Waals surface area contributed by atoms with Crippen LogP contribution in [0, 0.1) is 0 Å². The smallest absolute Gasteiger partial charge is 0.00422 e. The van der Waals surface area contributed by atoms with E-state index in [2.05, 4.69) is 19.7 Å². The summed E-state index contributed by atoms with van der Waals surface area (Å²) in [5.41, 5.74) is 1.41. The summed E-state index contributed by atoms with van der Waals surface area (Å²) < 4.78 is 0. The number of hydrogen-bond donors (Lipinski definition) is 0. The molecule has 0 heterocycles. The van der Waals surface area contributed by atoms with E-state index in [-0.39, 0.29) is 0 Å². The minimum absolute atomic E-state index is 1.41. The van der Waals surface area contributed by atoms with E-state index in [4.69, 9.17) is 11.6 Å². The van der Waals surface area contributed by atoms with Crippen molar-refractivity contribution in [2.24, 2.45) is 0 Å².